The lowest BCUT2D eigenvalue weighted by Gasteiger charge is -2.47. The second-order valence-electron chi connectivity index (χ2n) is 4.85. The number of alkyl halides is 3. The van der Waals surface area contributed by atoms with E-state index in [0.29, 0.717) is 26.2 Å². The topological polar surface area (TPSA) is 26.7 Å². The number of hydrogen-bond donors (Lipinski definition) is 1. The van der Waals surface area contributed by atoms with Crippen molar-refractivity contribution in [2.24, 2.45) is 0 Å². The second-order valence-corrected chi connectivity index (χ2v) is 4.85. The third kappa shape index (κ3) is 3.92. The second kappa shape index (κ2) is 4.89. The molecule has 0 atom stereocenters. The van der Waals surface area contributed by atoms with Crippen molar-refractivity contribution in [1.82, 2.24) is 9.80 Å². The molecule has 1 rings (SSSR count). The van der Waals surface area contributed by atoms with Gasteiger partial charge in [0.05, 0.1) is 13.2 Å². The van der Waals surface area contributed by atoms with Crippen molar-refractivity contribution in [3.8, 4) is 0 Å². The van der Waals surface area contributed by atoms with Gasteiger partial charge in [-0.25, -0.2) is 0 Å². The highest BCUT2D eigenvalue weighted by Crippen LogP contribution is 2.24. The lowest BCUT2D eigenvalue weighted by Crippen LogP contribution is -2.60. The van der Waals surface area contributed by atoms with Crippen LogP contribution in [0.15, 0.2) is 0 Å². The molecule has 1 N–H and O–H groups in total. The molecule has 0 bridgehead atoms. The summed E-state index contributed by atoms with van der Waals surface area (Å²) in [6.07, 6.45) is -4.13. The predicted molar refractivity (Wildman–Crippen MR) is 55.2 cm³/mol. The molecule has 6 heteroatoms. The molecule has 0 spiro atoms. The molecule has 1 fully saturated rings. The van der Waals surface area contributed by atoms with Crippen molar-refractivity contribution >= 4 is 0 Å². The van der Waals surface area contributed by atoms with Crippen LogP contribution in [-0.2, 0) is 0 Å². The summed E-state index contributed by atoms with van der Waals surface area (Å²) in [7, 11) is 0. The van der Waals surface area contributed by atoms with E-state index in [-0.39, 0.29) is 12.1 Å². The van der Waals surface area contributed by atoms with Crippen molar-refractivity contribution in [2.45, 2.75) is 25.6 Å². The van der Waals surface area contributed by atoms with E-state index in [1.807, 2.05) is 18.7 Å². The minimum Gasteiger partial charge on any atom is -0.395 e. The Balaban J connectivity index is 2.53. The van der Waals surface area contributed by atoms with E-state index in [0.717, 1.165) is 0 Å². The van der Waals surface area contributed by atoms with Crippen LogP contribution < -0.4 is 0 Å². The molecular formula is C10H19F3N2O. The first-order valence-corrected chi connectivity index (χ1v) is 5.40. The Kier molecular flexibility index (Phi) is 4.20. The first-order chi connectivity index (χ1) is 7.24. The van der Waals surface area contributed by atoms with Gasteiger partial charge in [0, 0.05) is 31.7 Å². The number of rotatable bonds is 3. The Labute approximate surface area is 93.8 Å². The highest BCUT2D eigenvalue weighted by Gasteiger charge is 2.38. The summed E-state index contributed by atoms with van der Waals surface area (Å²) in [5, 5.41) is 8.87. The Morgan fingerprint density at radius 3 is 2.31 bits per heavy atom. The molecule has 0 aromatic heterocycles. The van der Waals surface area contributed by atoms with Crippen LogP contribution in [-0.4, -0.2) is 66.0 Å². The van der Waals surface area contributed by atoms with E-state index in [4.69, 9.17) is 5.11 Å². The van der Waals surface area contributed by atoms with Gasteiger partial charge in [0.15, 0.2) is 0 Å². The van der Waals surface area contributed by atoms with Crippen LogP contribution in [0.2, 0.25) is 0 Å². The summed E-state index contributed by atoms with van der Waals surface area (Å²) in [4.78, 5) is 3.45. The number of aliphatic hydroxyl groups excluding tert-OH is 1. The molecule has 3 nitrogen and oxygen atoms in total. The smallest absolute Gasteiger partial charge is 0.395 e. The van der Waals surface area contributed by atoms with Gasteiger partial charge in [-0.2, -0.15) is 13.2 Å². The molecule has 0 aliphatic carbocycles. The maximum atomic E-state index is 12.2. The minimum absolute atomic E-state index is 0.0443. The zero-order valence-electron chi connectivity index (χ0n) is 9.72. The van der Waals surface area contributed by atoms with Crippen LogP contribution in [0, 0.1) is 0 Å². The molecule has 0 saturated carbocycles. The molecule has 16 heavy (non-hydrogen) atoms. The molecule has 1 aliphatic rings. The van der Waals surface area contributed by atoms with Crippen molar-refractivity contribution in [3.63, 3.8) is 0 Å². The van der Waals surface area contributed by atoms with Crippen LogP contribution >= 0.6 is 0 Å². The van der Waals surface area contributed by atoms with E-state index in [1.54, 1.807) is 0 Å². The first kappa shape index (κ1) is 13.7. The molecule has 0 amide bonds. The van der Waals surface area contributed by atoms with Gasteiger partial charge < -0.3 is 5.11 Å². The SMILES string of the molecule is CC1(C)CN(CC(F)(F)F)CCN1CCO. The van der Waals surface area contributed by atoms with Gasteiger partial charge in [0.25, 0.3) is 0 Å². The van der Waals surface area contributed by atoms with Crippen LogP contribution in [0.4, 0.5) is 13.2 Å². The molecule has 0 radical (unpaired) electrons. The maximum Gasteiger partial charge on any atom is 0.401 e. The maximum absolute atomic E-state index is 12.2. The van der Waals surface area contributed by atoms with E-state index in [1.165, 1.54) is 4.90 Å². The number of hydrogen-bond acceptors (Lipinski definition) is 3. The van der Waals surface area contributed by atoms with Gasteiger partial charge in [-0.15, -0.1) is 0 Å². The number of nitrogens with zero attached hydrogens (tertiary/aromatic N) is 2. The zero-order valence-corrected chi connectivity index (χ0v) is 9.72. The normalized spacial score (nSPS) is 23.6. The van der Waals surface area contributed by atoms with Gasteiger partial charge in [0.1, 0.15) is 0 Å². The molecule has 0 aromatic rings. The molecule has 1 heterocycles. The van der Waals surface area contributed by atoms with E-state index < -0.39 is 12.7 Å². The first-order valence-electron chi connectivity index (χ1n) is 5.40. The van der Waals surface area contributed by atoms with Crippen molar-refractivity contribution in [2.75, 3.05) is 39.3 Å². The lowest BCUT2D eigenvalue weighted by molar-refractivity contribution is -0.155. The average molecular weight is 240 g/mol. The highest BCUT2D eigenvalue weighted by atomic mass is 19.4. The third-order valence-corrected chi connectivity index (χ3v) is 2.93. The molecular weight excluding hydrogens is 221 g/mol. The van der Waals surface area contributed by atoms with Gasteiger partial charge >= 0.3 is 6.18 Å². The summed E-state index contributed by atoms with van der Waals surface area (Å²) in [6, 6.07) is 0. The fourth-order valence-electron chi connectivity index (χ4n) is 2.21. The fraction of sp³-hybridized carbons (Fsp3) is 1.00. The minimum atomic E-state index is -4.13. The number of halogens is 3. The monoisotopic (exact) mass is 240 g/mol. The highest BCUT2D eigenvalue weighted by molar-refractivity contribution is 4.90. The van der Waals surface area contributed by atoms with Gasteiger partial charge in [-0.05, 0) is 13.8 Å². The number of aliphatic hydroxyl groups is 1. The summed E-state index contributed by atoms with van der Waals surface area (Å²) >= 11 is 0. The van der Waals surface area contributed by atoms with Crippen LogP contribution in [0.1, 0.15) is 13.8 Å². The van der Waals surface area contributed by atoms with Crippen molar-refractivity contribution in [1.29, 1.82) is 0 Å². The summed E-state index contributed by atoms with van der Waals surface area (Å²) in [6.45, 7) is 4.90. The number of piperazine rings is 1. The molecule has 0 aromatic carbocycles. The van der Waals surface area contributed by atoms with Crippen LogP contribution in [0.25, 0.3) is 0 Å². The predicted octanol–water partition coefficient (Wildman–Crippen LogP) is 0.937. The molecule has 96 valence electrons. The van der Waals surface area contributed by atoms with Crippen molar-refractivity contribution in [3.05, 3.63) is 0 Å². The van der Waals surface area contributed by atoms with Gasteiger partial charge in [-0.1, -0.05) is 0 Å². The number of β-amino-alcohol motifs (C(OH)–C–C–N with tert-alkyl or cyclic N) is 1. The Hall–Kier alpha value is -0.330. The Bertz CT molecular complexity index is 231. The summed E-state index contributed by atoms with van der Waals surface area (Å²) in [5.74, 6) is 0. The summed E-state index contributed by atoms with van der Waals surface area (Å²) < 4.78 is 36.7. The van der Waals surface area contributed by atoms with Crippen molar-refractivity contribution < 1.29 is 18.3 Å². The van der Waals surface area contributed by atoms with E-state index in [9.17, 15) is 13.2 Å². The van der Waals surface area contributed by atoms with Crippen LogP contribution in [0.5, 0.6) is 0 Å². The average Bonchev–Trinajstić information content (AvgIpc) is 2.06. The lowest BCUT2D eigenvalue weighted by atomic mass is 9.99. The van der Waals surface area contributed by atoms with Gasteiger partial charge in [0.2, 0.25) is 0 Å². The Morgan fingerprint density at radius 1 is 1.25 bits per heavy atom. The molecule has 0 unspecified atom stereocenters. The van der Waals surface area contributed by atoms with E-state index >= 15 is 0 Å². The zero-order chi connectivity index (χ0) is 12.4. The quantitative estimate of drug-likeness (QED) is 0.795. The largest absolute Gasteiger partial charge is 0.401 e. The third-order valence-electron chi connectivity index (χ3n) is 2.93. The molecule has 1 aliphatic heterocycles. The molecule has 1 saturated heterocycles. The van der Waals surface area contributed by atoms with Crippen LogP contribution in [0.3, 0.4) is 0 Å². The van der Waals surface area contributed by atoms with E-state index in [2.05, 4.69) is 0 Å². The Morgan fingerprint density at radius 2 is 1.88 bits per heavy atom. The standard InChI is InChI=1S/C10H19F3N2O/c1-9(2)7-14(8-10(11,12)13)3-4-15(9)5-6-16/h16H,3-8H2,1-2H3. The summed E-state index contributed by atoms with van der Waals surface area (Å²) in [5.41, 5.74) is -0.313. The fourth-order valence-corrected chi connectivity index (χ4v) is 2.21. The van der Waals surface area contributed by atoms with Gasteiger partial charge in [-0.3, -0.25) is 9.80 Å².